The van der Waals surface area contributed by atoms with Crippen molar-refractivity contribution in [1.29, 1.82) is 0 Å². The molecular formula is C18H27NO8. The molecule has 0 spiro atoms. The Labute approximate surface area is 158 Å². The van der Waals surface area contributed by atoms with Gasteiger partial charge in [-0.05, 0) is 24.3 Å². The maximum Gasteiger partial charge on any atom is 0.329 e. The van der Waals surface area contributed by atoms with Crippen LogP contribution in [0.25, 0.3) is 0 Å². The summed E-state index contributed by atoms with van der Waals surface area (Å²) >= 11 is 0. The van der Waals surface area contributed by atoms with Crippen molar-refractivity contribution in [3.05, 3.63) is 24.3 Å². The monoisotopic (exact) mass is 385 g/mol. The summed E-state index contributed by atoms with van der Waals surface area (Å²) < 4.78 is 26.3. The largest absolute Gasteiger partial charge is 0.491 e. The van der Waals surface area contributed by atoms with Gasteiger partial charge in [0.15, 0.2) is 0 Å². The Morgan fingerprint density at radius 2 is 1.30 bits per heavy atom. The highest BCUT2D eigenvalue weighted by molar-refractivity contribution is 5.88. The fourth-order valence-corrected chi connectivity index (χ4v) is 1.88. The first-order chi connectivity index (χ1) is 13.1. The Hall–Kier alpha value is -2.20. The number of aliphatic carboxylic acids is 1. The van der Waals surface area contributed by atoms with Gasteiger partial charge in [0.2, 0.25) is 5.91 Å². The lowest BCUT2D eigenvalue weighted by Crippen LogP contribution is -2.15. The quantitative estimate of drug-likeness (QED) is 0.408. The van der Waals surface area contributed by atoms with E-state index < -0.39 is 5.97 Å². The standard InChI is InChI=1S/C18H27NO8/c1-15(20)19-16-2-4-17(5-3-16)27-13-12-25-9-8-23-6-7-24-10-11-26-14-18(21)22/h2-5H,6-14H2,1H3,(H,19,20)(H,21,22). The number of anilines is 1. The van der Waals surface area contributed by atoms with Crippen LogP contribution in [0, 0.1) is 0 Å². The highest BCUT2D eigenvalue weighted by Crippen LogP contribution is 2.15. The van der Waals surface area contributed by atoms with Crippen molar-refractivity contribution in [1.82, 2.24) is 0 Å². The van der Waals surface area contributed by atoms with Crippen molar-refractivity contribution in [2.75, 3.05) is 64.8 Å². The third kappa shape index (κ3) is 13.6. The molecule has 1 aromatic rings. The van der Waals surface area contributed by atoms with Crippen LogP contribution in [0.1, 0.15) is 6.92 Å². The van der Waals surface area contributed by atoms with Gasteiger partial charge < -0.3 is 34.1 Å². The summed E-state index contributed by atoms with van der Waals surface area (Å²) in [6, 6.07) is 7.10. The zero-order valence-corrected chi connectivity index (χ0v) is 15.5. The maximum atomic E-state index is 10.9. The molecule has 0 unspecified atom stereocenters. The molecule has 0 atom stereocenters. The SMILES string of the molecule is CC(=O)Nc1ccc(OCCOCCOCCOCCOCC(=O)O)cc1. The number of nitrogens with one attached hydrogen (secondary N) is 1. The summed E-state index contributed by atoms with van der Waals surface area (Å²) in [4.78, 5) is 21.1. The zero-order valence-electron chi connectivity index (χ0n) is 15.5. The first-order valence-corrected chi connectivity index (χ1v) is 8.61. The predicted molar refractivity (Wildman–Crippen MR) is 97.2 cm³/mol. The van der Waals surface area contributed by atoms with E-state index >= 15 is 0 Å². The van der Waals surface area contributed by atoms with Crippen molar-refractivity contribution in [3.8, 4) is 5.75 Å². The van der Waals surface area contributed by atoms with Crippen LogP contribution >= 0.6 is 0 Å². The molecule has 1 rings (SSSR count). The van der Waals surface area contributed by atoms with Crippen LogP contribution in [0.3, 0.4) is 0 Å². The summed E-state index contributed by atoms with van der Waals surface area (Å²) in [5.41, 5.74) is 0.722. The van der Waals surface area contributed by atoms with Crippen molar-refractivity contribution in [2.45, 2.75) is 6.92 Å². The third-order valence-electron chi connectivity index (χ3n) is 3.01. The number of hydrogen-bond acceptors (Lipinski definition) is 7. The molecule has 0 bridgehead atoms. The Bertz CT molecular complexity index is 535. The fraction of sp³-hybridized carbons (Fsp3) is 0.556. The van der Waals surface area contributed by atoms with Crippen LogP contribution in [-0.2, 0) is 28.5 Å². The Morgan fingerprint density at radius 1 is 0.815 bits per heavy atom. The fourth-order valence-electron chi connectivity index (χ4n) is 1.88. The number of ether oxygens (including phenoxy) is 5. The van der Waals surface area contributed by atoms with Crippen LogP contribution in [-0.4, -0.2) is 76.4 Å². The molecule has 0 aromatic heterocycles. The number of carboxylic acid groups (broad SMARTS) is 1. The zero-order chi connectivity index (χ0) is 19.7. The molecule has 1 amide bonds. The van der Waals surface area contributed by atoms with E-state index in [1.165, 1.54) is 6.92 Å². The van der Waals surface area contributed by atoms with Gasteiger partial charge in [0.25, 0.3) is 0 Å². The van der Waals surface area contributed by atoms with E-state index in [4.69, 9.17) is 28.8 Å². The number of hydrogen-bond donors (Lipinski definition) is 2. The second-order valence-electron chi connectivity index (χ2n) is 5.34. The predicted octanol–water partition coefficient (Wildman–Crippen LogP) is 1.17. The number of carbonyl (C=O) groups is 2. The number of carboxylic acids is 1. The molecule has 0 heterocycles. The lowest BCUT2D eigenvalue weighted by molar-refractivity contribution is -0.142. The van der Waals surface area contributed by atoms with Gasteiger partial charge in [0.05, 0.1) is 46.2 Å². The van der Waals surface area contributed by atoms with E-state index in [2.05, 4.69) is 5.32 Å². The van der Waals surface area contributed by atoms with Crippen LogP contribution in [0.15, 0.2) is 24.3 Å². The van der Waals surface area contributed by atoms with E-state index in [1.807, 2.05) is 0 Å². The molecule has 9 nitrogen and oxygen atoms in total. The number of rotatable bonds is 16. The van der Waals surface area contributed by atoms with Gasteiger partial charge in [-0.1, -0.05) is 0 Å². The molecule has 9 heteroatoms. The highest BCUT2D eigenvalue weighted by atomic mass is 16.6. The Balaban J connectivity index is 1.86. The Morgan fingerprint density at radius 3 is 1.78 bits per heavy atom. The van der Waals surface area contributed by atoms with Crippen LogP contribution in [0.5, 0.6) is 5.75 Å². The van der Waals surface area contributed by atoms with Gasteiger partial charge in [-0.2, -0.15) is 0 Å². The van der Waals surface area contributed by atoms with Gasteiger partial charge in [-0.3, -0.25) is 4.79 Å². The van der Waals surface area contributed by atoms with Crippen LogP contribution in [0.2, 0.25) is 0 Å². The second-order valence-corrected chi connectivity index (χ2v) is 5.34. The normalized spacial score (nSPS) is 10.6. The maximum absolute atomic E-state index is 10.9. The van der Waals surface area contributed by atoms with Crippen LogP contribution in [0.4, 0.5) is 5.69 Å². The summed E-state index contributed by atoms with van der Waals surface area (Å²) in [7, 11) is 0. The van der Waals surface area contributed by atoms with Crippen molar-refractivity contribution < 1.29 is 38.4 Å². The minimum atomic E-state index is -0.997. The smallest absolute Gasteiger partial charge is 0.329 e. The molecule has 0 aliphatic rings. The van der Waals surface area contributed by atoms with Crippen LogP contribution < -0.4 is 10.1 Å². The van der Waals surface area contributed by atoms with Crippen molar-refractivity contribution in [3.63, 3.8) is 0 Å². The van der Waals surface area contributed by atoms with Gasteiger partial charge in [-0.15, -0.1) is 0 Å². The summed E-state index contributed by atoms with van der Waals surface area (Å²) in [6.07, 6.45) is 0. The van der Waals surface area contributed by atoms with Crippen molar-refractivity contribution in [2.24, 2.45) is 0 Å². The summed E-state index contributed by atoms with van der Waals surface area (Å²) in [5, 5.41) is 11.1. The first-order valence-electron chi connectivity index (χ1n) is 8.61. The second kappa shape index (κ2) is 14.9. The average Bonchev–Trinajstić information content (AvgIpc) is 2.62. The average molecular weight is 385 g/mol. The molecule has 0 aliphatic heterocycles. The van der Waals surface area contributed by atoms with E-state index in [-0.39, 0.29) is 19.1 Å². The number of amides is 1. The molecule has 0 aliphatic carbocycles. The van der Waals surface area contributed by atoms with E-state index in [1.54, 1.807) is 24.3 Å². The van der Waals surface area contributed by atoms with Gasteiger partial charge in [-0.25, -0.2) is 4.79 Å². The highest BCUT2D eigenvalue weighted by Gasteiger charge is 1.98. The minimum absolute atomic E-state index is 0.115. The number of benzene rings is 1. The van der Waals surface area contributed by atoms with Gasteiger partial charge in [0.1, 0.15) is 19.0 Å². The first kappa shape index (κ1) is 22.8. The molecule has 0 fully saturated rings. The topological polar surface area (TPSA) is 113 Å². The Kier molecular flexibility index (Phi) is 12.6. The molecule has 1 aromatic carbocycles. The third-order valence-corrected chi connectivity index (χ3v) is 3.01. The molecule has 27 heavy (non-hydrogen) atoms. The lowest BCUT2D eigenvalue weighted by Gasteiger charge is -2.09. The van der Waals surface area contributed by atoms with Gasteiger partial charge >= 0.3 is 5.97 Å². The molecule has 0 radical (unpaired) electrons. The minimum Gasteiger partial charge on any atom is -0.491 e. The van der Waals surface area contributed by atoms with E-state index in [9.17, 15) is 9.59 Å². The summed E-state index contributed by atoms with van der Waals surface area (Å²) in [5.74, 6) is -0.410. The summed E-state index contributed by atoms with van der Waals surface area (Å²) in [6.45, 7) is 4.31. The molecular weight excluding hydrogens is 358 g/mol. The van der Waals surface area contributed by atoms with Crippen molar-refractivity contribution >= 4 is 17.6 Å². The lowest BCUT2D eigenvalue weighted by atomic mass is 10.3. The van der Waals surface area contributed by atoms with E-state index in [0.29, 0.717) is 52.0 Å². The number of carbonyl (C=O) groups excluding carboxylic acids is 1. The molecule has 2 N–H and O–H groups in total. The molecule has 0 saturated heterocycles. The molecule has 0 saturated carbocycles. The van der Waals surface area contributed by atoms with E-state index in [0.717, 1.165) is 5.69 Å². The van der Waals surface area contributed by atoms with Gasteiger partial charge in [0, 0.05) is 12.6 Å². The molecule has 152 valence electrons.